The average Bonchev–Trinajstić information content (AvgIpc) is 2.95. The zero-order chi connectivity index (χ0) is 15.2. The number of aromatic nitrogens is 1. The zero-order valence-electron chi connectivity index (χ0n) is 11.2. The van der Waals surface area contributed by atoms with E-state index in [0.717, 1.165) is 10.6 Å². The highest BCUT2D eigenvalue weighted by Crippen LogP contribution is 2.24. The van der Waals surface area contributed by atoms with E-state index in [2.05, 4.69) is 4.98 Å². The number of esters is 1. The van der Waals surface area contributed by atoms with Gasteiger partial charge in [0.15, 0.2) is 0 Å². The van der Waals surface area contributed by atoms with E-state index in [4.69, 9.17) is 9.84 Å². The van der Waals surface area contributed by atoms with Gasteiger partial charge < -0.3 is 9.84 Å². The number of thiazole rings is 1. The van der Waals surface area contributed by atoms with Gasteiger partial charge in [0.05, 0.1) is 17.9 Å². The van der Waals surface area contributed by atoms with E-state index < -0.39 is 11.9 Å². The van der Waals surface area contributed by atoms with Crippen LogP contribution >= 0.6 is 23.1 Å². The van der Waals surface area contributed by atoms with Crippen LogP contribution in [0.5, 0.6) is 0 Å². The molecule has 0 amide bonds. The SMILES string of the molecule is CCOC(=O)c1nc(CSc2cccc(C(=O)O)c2)cs1. The van der Waals surface area contributed by atoms with Gasteiger partial charge in [0.2, 0.25) is 5.01 Å². The number of hydrogen-bond donors (Lipinski definition) is 1. The van der Waals surface area contributed by atoms with Crippen LogP contribution in [0.1, 0.15) is 32.8 Å². The van der Waals surface area contributed by atoms with Crippen LogP contribution in [-0.2, 0) is 10.5 Å². The van der Waals surface area contributed by atoms with Crippen LogP contribution in [-0.4, -0.2) is 28.6 Å². The largest absolute Gasteiger partial charge is 0.478 e. The normalized spacial score (nSPS) is 10.3. The highest BCUT2D eigenvalue weighted by atomic mass is 32.2. The monoisotopic (exact) mass is 323 g/mol. The molecule has 0 spiro atoms. The molecule has 0 bridgehead atoms. The second-order valence-corrected chi connectivity index (χ2v) is 5.89. The Morgan fingerprint density at radius 2 is 2.24 bits per heavy atom. The number of rotatable bonds is 6. The molecule has 0 radical (unpaired) electrons. The topological polar surface area (TPSA) is 76.5 Å². The number of aromatic carboxylic acids is 1. The van der Waals surface area contributed by atoms with Gasteiger partial charge in [-0.15, -0.1) is 23.1 Å². The smallest absolute Gasteiger partial charge is 0.367 e. The molecule has 1 aromatic heterocycles. The molecule has 7 heteroatoms. The Hall–Kier alpha value is -1.86. The number of thioether (sulfide) groups is 1. The summed E-state index contributed by atoms with van der Waals surface area (Å²) in [5.74, 6) is -0.791. The maximum absolute atomic E-state index is 11.5. The van der Waals surface area contributed by atoms with Crippen LogP contribution < -0.4 is 0 Å². The number of carboxylic acid groups (broad SMARTS) is 1. The quantitative estimate of drug-likeness (QED) is 0.649. The third-order valence-electron chi connectivity index (χ3n) is 2.47. The fourth-order valence-electron chi connectivity index (χ4n) is 1.54. The third-order valence-corrected chi connectivity index (χ3v) is 4.37. The lowest BCUT2D eigenvalue weighted by Crippen LogP contribution is -2.03. The first kappa shape index (κ1) is 15.5. The number of carbonyl (C=O) groups excluding carboxylic acids is 1. The van der Waals surface area contributed by atoms with E-state index in [1.54, 1.807) is 30.5 Å². The number of carbonyl (C=O) groups is 2. The molecule has 21 heavy (non-hydrogen) atoms. The van der Waals surface area contributed by atoms with Crippen LogP contribution in [0.4, 0.5) is 0 Å². The van der Waals surface area contributed by atoms with Crippen LogP contribution in [0, 0.1) is 0 Å². The molecule has 2 aromatic rings. The van der Waals surface area contributed by atoms with Crippen molar-refractivity contribution >= 4 is 35.0 Å². The first-order chi connectivity index (χ1) is 10.1. The molecule has 0 aliphatic rings. The van der Waals surface area contributed by atoms with E-state index >= 15 is 0 Å². The van der Waals surface area contributed by atoms with Gasteiger partial charge in [0.1, 0.15) is 0 Å². The highest BCUT2D eigenvalue weighted by Gasteiger charge is 2.12. The lowest BCUT2D eigenvalue weighted by atomic mass is 10.2. The first-order valence-corrected chi connectivity index (χ1v) is 8.04. The van der Waals surface area contributed by atoms with Gasteiger partial charge in [-0.05, 0) is 25.1 Å². The van der Waals surface area contributed by atoms with Crippen LogP contribution in [0.15, 0.2) is 34.5 Å². The fourth-order valence-corrected chi connectivity index (χ4v) is 3.20. The van der Waals surface area contributed by atoms with Gasteiger partial charge in [0, 0.05) is 16.0 Å². The van der Waals surface area contributed by atoms with Gasteiger partial charge in [-0.25, -0.2) is 14.6 Å². The number of carboxylic acids is 1. The van der Waals surface area contributed by atoms with E-state index in [0.29, 0.717) is 17.4 Å². The molecule has 5 nitrogen and oxygen atoms in total. The summed E-state index contributed by atoms with van der Waals surface area (Å²) in [7, 11) is 0. The molecule has 0 atom stereocenters. The predicted octanol–water partition coefficient (Wildman–Crippen LogP) is 3.31. The lowest BCUT2D eigenvalue weighted by molar-refractivity contribution is 0.0525. The summed E-state index contributed by atoms with van der Waals surface area (Å²) in [4.78, 5) is 27.5. The second kappa shape index (κ2) is 7.24. The van der Waals surface area contributed by atoms with Crippen LogP contribution in [0.3, 0.4) is 0 Å². The number of hydrogen-bond acceptors (Lipinski definition) is 6. The summed E-state index contributed by atoms with van der Waals surface area (Å²) in [6, 6.07) is 6.71. The van der Waals surface area contributed by atoms with Crippen molar-refractivity contribution in [1.29, 1.82) is 0 Å². The maximum Gasteiger partial charge on any atom is 0.367 e. The molecule has 1 heterocycles. The summed E-state index contributed by atoms with van der Waals surface area (Å²) in [5.41, 5.74) is 1.03. The molecule has 1 aromatic carbocycles. The summed E-state index contributed by atoms with van der Waals surface area (Å²) in [6.45, 7) is 2.07. The molecule has 0 aliphatic heterocycles. The Morgan fingerprint density at radius 1 is 1.43 bits per heavy atom. The Bertz CT molecular complexity index is 654. The first-order valence-electron chi connectivity index (χ1n) is 6.18. The molecule has 0 fully saturated rings. The van der Waals surface area contributed by atoms with E-state index in [1.807, 2.05) is 6.07 Å². The molecular formula is C14H13NO4S2. The molecule has 0 saturated heterocycles. The van der Waals surface area contributed by atoms with Crippen LogP contribution in [0.25, 0.3) is 0 Å². The van der Waals surface area contributed by atoms with Gasteiger partial charge in [-0.2, -0.15) is 0 Å². The molecular weight excluding hydrogens is 310 g/mol. The molecule has 0 aliphatic carbocycles. The average molecular weight is 323 g/mol. The Balaban J connectivity index is 1.98. The van der Waals surface area contributed by atoms with Crippen molar-refractivity contribution in [3.05, 3.63) is 45.9 Å². The van der Waals surface area contributed by atoms with Crippen LogP contribution in [0.2, 0.25) is 0 Å². The van der Waals surface area contributed by atoms with Crippen molar-refractivity contribution in [3.63, 3.8) is 0 Å². The Kier molecular flexibility index (Phi) is 5.35. The number of benzene rings is 1. The molecule has 0 unspecified atom stereocenters. The summed E-state index contributed by atoms with van der Waals surface area (Å²) >= 11 is 2.72. The fraction of sp³-hybridized carbons (Fsp3) is 0.214. The minimum atomic E-state index is -0.948. The molecule has 2 rings (SSSR count). The predicted molar refractivity (Wildman–Crippen MR) is 81.0 cm³/mol. The van der Waals surface area contributed by atoms with Crippen molar-refractivity contribution in [3.8, 4) is 0 Å². The van der Waals surface area contributed by atoms with Crippen molar-refractivity contribution in [1.82, 2.24) is 4.98 Å². The Labute approximate surface area is 130 Å². The van der Waals surface area contributed by atoms with E-state index in [9.17, 15) is 9.59 Å². The number of ether oxygens (including phenoxy) is 1. The zero-order valence-corrected chi connectivity index (χ0v) is 12.9. The maximum atomic E-state index is 11.5. The summed E-state index contributed by atoms with van der Waals surface area (Å²) in [5, 5.41) is 11.1. The van der Waals surface area contributed by atoms with Gasteiger partial charge in [-0.3, -0.25) is 0 Å². The lowest BCUT2D eigenvalue weighted by Gasteiger charge is -2.01. The second-order valence-electron chi connectivity index (χ2n) is 3.99. The van der Waals surface area contributed by atoms with Gasteiger partial charge in [0.25, 0.3) is 0 Å². The van der Waals surface area contributed by atoms with E-state index in [-0.39, 0.29) is 5.56 Å². The highest BCUT2D eigenvalue weighted by molar-refractivity contribution is 7.98. The van der Waals surface area contributed by atoms with Gasteiger partial charge in [-0.1, -0.05) is 6.07 Å². The van der Waals surface area contributed by atoms with Crippen molar-refractivity contribution in [2.24, 2.45) is 0 Å². The number of nitrogens with zero attached hydrogens (tertiary/aromatic N) is 1. The van der Waals surface area contributed by atoms with E-state index in [1.165, 1.54) is 23.1 Å². The third kappa shape index (κ3) is 4.30. The molecule has 0 saturated carbocycles. The molecule has 1 N–H and O–H groups in total. The minimum Gasteiger partial charge on any atom is -0.478 e. The van der Waals surface area contributed by atoms with Crippen molar-refractivity contribution in [2.45, 2.75) is 17.6 Å². The summed E-state index contributed by atoms with van der Waals surface area (Å²) in [6.07, 6.45) is 0. The van der Waals surface area contributed by atoms with Gasteiger partial charge >= 0.3 is 11.9 Å². The van der Waals surface area contributed by atoms with Crippen molar-refractivity contribution in [2.75, 3.05) is 6.61 Å². The van der Waals surface area contributed by atoms with Crippen molar-refractivity contribution < 1.29 is 19.4 Å². The Morgan fingerprint density at radius 3 is 2.95 bits per heavy atom. The molecule has 110 valence electrons. The standard InChI is InChI=1S/C14H13NO4S2/c1-2-19-14(18)12-15-10(8-21-12)7-20-11-5-3-4-9(6-11)13(16)17/h3-6,8H,2,7H2,1H3,(H,16,17). The minimum absolute atomic E-state index is 0.255. The summed E-state index contributed by atoms with van der Waals surface area (Å²) < 4.78 is 4.88.